The molecule has 0 amide bonds. The van der Waals surface area contributed by atoms with Crippen molar-refractivity contribution in [3.63, 3.8) is 0 Å². The van der Waals surface area contributed by atoms with Gasteiger partial charge in [-0.25, -0.2) is 0 Å². The summed E-state index contributed by atoms with van der Waals surface area (Å²) in [7, 11) is 0. The number of benzene rings is 1. The molecular formula is C16H24ClNO2. The van der Waals surface area contributed by atoms with Gasteiger partial charge in [0.1, 0.15) is 6.61 Å². The Balaban J connectivity index is 2.80. The van der Waals surface area contributed by atoms with Crippen LogP contribution in [0.2, 0.25) is 0 Å². The van der Waals surface area contributed by atoms with E-state index in [4.69, 9.17) is 21.1 Å². The molecule has 1 aromatic rings. The minimum absolute atomic E-state index is 0.435. The van der Waals surface area contributed by atoms with E-state index in [1.165, 1.54) is 5.54 Å². The van der Waals surface area contributed by atoms with Crippen LogP contribution in [-0.2, 0) is 6.54 Å². The second kappa shape index (κ2) is 9.67. The lowest BCUT2D eigenvalue weighted by Gasteiger charge is -2.16. The van der Waals surface area contributed by atoms with E-state index >= 15 is 0 Å². The van der Waals surface area contributed by atoms with Crippen molar-refractivity contribution >= 4 is 11.6 Å². The second-order valence-corrected chi connectivity index (χ2v) is 5.13. The van der Waals surface area contributed by atoms with Gasteiger partial charge in [-0.2, -0.15) is 0 Å². The Morgan fingerprint density at radius 3 is 2.75 bits per heavy atom. The number of halogens is 1. The maximum Gasteiger partial charge on any atom is 0.166 e. The summed E-state index contributed by atoms with van der Waals surface area (Å²) in [6, 6.07) is 5.96. The molecule has 0 heterocycles. The average molecular weight is 298 g/mol. The van der Waals surface area contributed by atoms with Crippen molar-refractivity contribution in [3.8, 4) is 11.5 Å². The van der Waals surface area contributed by atoms with E-state index < -0.39 is 0 Å². The molecule has 0 fully saturated rings. The van der Waals surface area contributed by atoms with Crippen LogP contribution in [-0.4, -0.2) is 19.8 Å². The lowest BCUT2D eigenvalue weighted by Crippen LogP contribution is -2.19. The molecule has 112 valence electrons. The molecule has 0 aliphatic rings. The van der Waals surface area contributed by atoms with E-state index in [0.717, 1.165) is 30.2 Å². The molecule has 0 radical (unpaired) electrons. The Hall–Kier alpha value is -1.19. The highest BCUT2D eigenvalue weighted by Gasteiger charge is 2.10. The molecule has 0 aliphatic heterocycles. The van der Waals surface area contributed by atoms with Gasteiger partial charge in [-0.05, 0) is 31.5 Å². The van der Waals surface area contributed by atoms with Gasteiger partial charge in [-0.3, -0.25) is 0 Å². The predicted molar refractivity (Wildman–Crippen MR) is 84.6 cm³/mol. The highest BCUT2D eigenvalue weighted by molar-refractivity contribution is 6.25. The van der Waals surface area contributed by atoms with Crippen molar-refractivity contribution in [2.75, 3.05) is 19.8 Å². The van der Waals surface area contributed by atoms with E-state index in [1.807, 2.05) is 19.1 Å². The van der Waals surface area contributed by atoms with Crippen LogP contribution in [0, 0.1) is 5.92 Å². The fourth-order valence-electron chi connectivity index (χ4n) is 1.80. The van der Waals surface area contributed by atoms with Gasteiger partial charge in [0.15, 0.2) is 11.5 Å². The van der Waals surface area contributed by atoms with E-state index in [0.29, 0.717) is 19.1 Å². The predicted octanol–water partition coefficient (Wildman–Crippen LogP) is 3.96. The molecule has 0 bridgehead atoms. The van der Waals surface area contributed by atoms with Crippen molar-refractivity contribution in [2.24, 2.45) is 5.92 Å². The van der Waals surface area contributed by atoms with Gasteiger partial charge in [0.05, 0.1) is 6.61 Å². The highest BCUT2D eigenvalue weighted by atomic mass is 35.5. The lowest BCUT2D eigenvalue weighted by molar-refractivity contribution is 0.294. The third-order valence-corrected chi connectivity index (χ3v) is 2.82. The maximum atomic E-state index is 5.78. The molecule has 0 aromatic heterocycles. The SMILES string of the molecule is CCOc1cccc(CNCC(C)C)c1OCC=CCl. The maximum absolute atomic E-state index is 5.78. The van der Waals surface area contributed by atoms with Crippen molar-refractivity contribution in [1.82, 2.24) is 5.32 Å². The van der Waals surface area contributed by atoms with Crippen LogP contribution in [0.1, 0.15) is 26.3 Å². The van der Waals surface area contributed by atoms with Crippen LogP contribution >= 0.6 is 11.6 Å². The number of hydrogen-bond acceptors (Lipinski definition) is 3. The second-order valence-electron chi connectivity index (χ2n) is 4.87. The summed E-state index contributed by atoms with van der Waals surface area (Å²) in [5, 5.41) is 3.42. The summed E-state index contributed by atoms with van der Waals surface area (Å²) >= 11 is 5.52. The third kappa shape index (κ3) is 5.85. The van der Waals surface area contributed by atoms with Gasteiger partial charge in [-0.1, -0.05) is 37.6 Å². The zero-order valence-corrected chi connectivity index (χ0v) is 13.2. The molecule has 0 spiro atoms. The summed E-state index contributed by atoms with van der Waals surface area (Å²) in [6.07, 6.45) is 1.76. The Labute approximate surface area is 126 Å². The Morgan fingerprint density at radius 1 is 1.30 bits per heavy atom. The first-order valence-electron chi connectivity index (χ1n) is 7.02. The van der Waals surface area contributed by atoms with Crippen LogP contribution in [0.3, 0.4) is 0 Å². The van der Waals surface area contributed by atoms with E-state index in [2.05, 4.69) is 25.2 Å². The smallest absolute Gasteiger partial charge is 0.166 e. The van der Waals surface area contributed by atoms with Crippen LogP contribution in [0.25, 0.3) is 0 Å². The number of nitrogens with one attached hydrogen (secondary N) is 1. The zero-order chi connectivity index (χ0) is 14.8. The number of hydrogen-bond donors (Lipinski definition) is 1. The van der Waals surface area contributed by atoms with Crippen LogP contribution < -0.4 is 14.8 Å². The first-order chi connectivity index (χ1) is 9.69. The van der Waals surface area contributed by atoms with E-state index in [9.17, 15) is 0 Å². The van der Waals surface area contributed by atoms with Gasteiger partial charge in [0.2, 0.25) is 0 Å². The Morgan fingerprint density at radius 2 is 2.10 bits per heavy atom. The molecule has 1 N–H and O–H groups in total. The van der Waals surface area contributed by atoms with Crippen molar-refractivity contribution in [3.05, 3.63) is 35.4 Å². The summed E-state index contributed by atoms with van der Waals surface area (Å²) in [5.74, 6) is 2.19. The largest absolute Gasteiger partial charge is 0.490 e. The molecule has 0 saturated heterocycles. The Kier molecular flexibility index (Phi) is 8.16. The van der Waals surface area contributed by atoms with Crippen LogP contribution in [0.15, 0.2) is 29.8 Å². The fraction of sp³-hybridized carbons (Fsp3) is 0.500. The quantitative estimate of drug-likeness (QED) is 0.748. The van der Waals surface area contributed by atoms with E-state index in [-0.39, 0.29) is 0 Å². The minimum Gasteiger partial charge on any atom is -0.490 e. The fourth-order valence-corrected chi connectivity index (χ4v) is 1.87. The van der Waals surface area contributed by atoms with E-state index in [1.54, 1.807) is 6.08 Å². The highest BCUT2D eigenvalue weighted by Crippen LogP contribution is 2.31. The molecule has 0 atom stereocenters. The Bertz CT molecular complexity index is 419. The van der Waals surface area contributed by atoms with Crippen LogP contribution in [0.5, 0.6) is 11.5 Å². The number of ether oxygens (including phenoxy) is 2. The van der Waals surface area contributed by atoms with Crippen molar-refractivity contribution < 1.29 is 9.47 Å². The minimum atomic E-state index is 0.435. The third-order valence-electron chi connectivity index (χ3n) is 2.64. The summed E-state index contributed by atoms with van der Waals surface area (Å²) in [4.78, 5) is 0. The van der Waals surface area contributed by atoms with Crippen LogP contribution in [0.4, 0.5) is 0 Å². The molecule has 0 aliphatic carbocycles. The normalized spacial score (nSPS) is 11.2. The lowest BCUT2D eigenvalue weighted by atomic mass is 10.1. The average Bonchev–Trinajstić information content (AvgIpc) is 2.41. The first-order valence-corrected chi connectivity index (χ1v) is 7.46. The zero-order valence-electron chi connectivity index (χ0n) is 12.5. The summed E-state index contributed by atoms with van der Waals surface area (Å²) in [6.45, 7) is 9.12. The molecule has 4 heteroatoms. The van der Waals surface area contributed by atoms with Gasteiger partial charge in [0, 0.05) is 17.6 Å². The van der Waals surface area contributed by atoms with Gasteiger partial charge in [-0.15, -0.1) is 0 Å². The standard InChI is InChI=1S/C16H24ClNO2/c1-4-19-15-8-5-7-14(12-18-11-13(2)3)16(15)20-10-6-9-17/h5-9,13,18H,4,10-12H2,1-3H3. The monoisotopic (exact) mass is 297 g/mol. The molecule has 1 aromatic carbocycles. The first kappa shape index (κ1) is 16.9. The van der Waals surface area contributed by atoms with Gasteiger partial charge >= 0.3 is 0 Å². The van der Waals surface area contributed by atoms with Gasteiger partial charge in [0.25, 0.3) is 0 Å². The van der Waals surface area contributed by atoms with Crippen molar-refractivity contribution in [1.29, 1.82) is 0 Å². The molecule has 0 saturated carbocycles. The topological polar surface area (TPSA) is 30.5 Å². The molecule has 3 nitrogen and oxygen atoms in total. The molecule has 0 unspecified atom stereocenters. The number of rotatable bonds is 9. The summed E-state index contributed by atoms with van der Waals surface area (Å²) in [5.41, 5.74) is 2.56. The molecule has 1 rings (SSSR count). The molecule has 20 heavy (non-hydrogen) atoms. The molecular weight excluding hydrogens is 274 g/mol. The van der Waals surface area contributed by atoms with Crippen molar-refractivity contribution in [2.45, 2.75) is 27.3 Å². The number of para-hydroxylation sites is 1. The summed E-state index contributed by atoms with van der Waals surface area (Å²) < 4.78 is 11.4. The van der Waals surface area contributed by atoms with Gasteiger partial charge < -0.3 is 14.8 Å².